The van der Waals surface area contributed by atoms with Crippen molar-refractivity contribution in [2.75, 3.05) is 13.1 Å². The van der Waals surface area contributed by atoms with Gasteiger partial charge in [-0.05, 0) is 39.3 Å². The Balaban J connectivity index is 1.47. The zero-order valence-electron chi connectivity index (χ0n) is 9.25. The second kappa shape index (κ2) is 5.58. The highest BCUT2D eigenvalue weighted by Gasteiger charge is 2.19. The van der Waals surface area contributed by atoms with Gasteiger partial charge in [-0.1, -0.05) is 0 Å². The molecule has 15 heavy (non-hydrogen) atoms. The molecular formula is C11H19N3S. The molecule has 4 heteroatoms. The largest absolute Gasteiger partial charge is 0.314 e. The molecule has 2 rings (SSSR count). The third-order valence-corrected chi connectivity index (χ3v) is 3.42. The Morgan fingerprint density at radius 2 is 2.33 bits per heavy atom. The minimum absolute atomic E-state index is 0.842. The van der Waals surface area contributed by atoms with Crippen molar-refractivity contribution in [2.45, 2.75) is 38.8 Å². The average Bonchev–Trinajstić information content (AvgIpc) is 2.95. The van der Waals surface area contributed by atoms with Crippen LogP contribution in [0, 0.1) is 6.92 Å². The summed E-state index contributed by atoms with van der Waals surface area (Å²) in [6, 6.07) is 0.842. The number of nitrogens with one attached hydrogen (secondary N) is 2. The van der Waals surface area contributed by atoms with Crippen molar-refractivity contribution >= 4 is 11.3 Å². The molecule has 0 aromatic carbocycles. The van der Waals surface area contributed by atoms with Crippen LogP contribution in [0.4, 0.5) is 0 Å². The van der Waals surface area contributed by atoms with Crippen molar-refractivity contribution < 1.29 is 0 Å². The van der Waals surface area contributed by atoms with E-state index in [0.717, 1.165) is 30.7 Å². The number of thiazole rings is 1. The van der Waals surface area contributed by atoms with Crippen LogP contribution in [0.3, 0.4) is 0 Å². The molecule has 1 aromatic rings. The number of aromatic nitrogens is 1. The molecule has 0 unspecified atom stereocenters. The Morgan fingerprint density at radius 3 is 3.00 bits per heavy atom. The maximum atomic E-state index is 4.23. The fourth-order valence-electron chi connectivity index (χ4n) is 1.51. The molecule has 1 aromatic heterocycles. The minimum Gasteiger partial charge on any atom is -0.314 e. The minimum atomic E-state index is 0.842. The third kappa shape index (κ3) is 4.28. The Kier molecular flexibility index (Phi) is 4.11. The van der Waals surface area contributed by atoms with Crippen LogP contribution in [0.2, 0.25) is 0 Å². The SMILES string of the molecule is Cc1ncc(CNCCCNC2CC2)s1. The van der Waals surface area contributed by atoms with E-state index in [0.29, 0.717) is 0 Å². The van der Waals surface area contributed by atoms with Gasteiger partial charge in [0.2, 0.25) is 0 Å². The van der Waals surface area contributed by atoms with Gasteiger partial charge in [0.1, 0.15) is 0 Å². The van der Waals surface area contributed by atoms with Crippen LogP contribution < -0.4 is 10.6 Å². The predicted molar refractivity (Wildman–Crippen MR) is 64.2 cm³/mol. The summed E-state index contributed by atoms with van der Waals surface area (Å²) in [7, 11) is 0. The van der Waals surface area contributed by atoms with Crippen molar-refractivity contribution in [3.63, 3.8) is 0 Å². The van der Waals surface area contributed by atoms with E-state index in [4.69, 9.17) is 0 Å². The van der Waals surface area contributed by atoms with Gasteiger partial charge < -0.3 is 10.6 Å². The molecule has 1 saturated carbocycles. The highest BCUT2D eigenvalue weighted by Crippen LogP contribution is 2.18. The molecule has 0 bridgehead atoms. The second-order valence-electron chi connectivity index (χ2n) is 4.10. The summed E-state index contributed by atoms with van der Waals surface area (Å²) in [5.74, 6) is 0. The Morgan fingerprint density at radius 1 is 1.47 bits per heavy atom. The Hall–Kier alpha value is -0.450. The molecule has 84 valence electrons. The Bertz CT molecular complexity index is 294. The van der Waals surface area contributed by atoms with Gasteiger partial charge in [0.25, 0.3) is 0 Å². The van der Waals surface area contributed by atoms with Gasteiger partial charge in [0.05, 0.1) is 5.01 Å². The van der Waals surface area contributed by atoms with E-state index in [1.54, 1.807) is 11.3 Å². The monoisotopic (exact) mass is 225 g/mol. The summed E-state index contributed by atoms with van der Waals surface area (Å²) in [5.41, 5.74) is 0. The topological polar surface area (TPSA) is 37.0 Å². The molecule has 2 N–H and O–H groups in total. The van der Waals surface area contributed by atoms with Gasteiger partial charge in [-0.3, -0.25) is 0 Å². The first-order chi connectivity index (χ1) is 7.34. The quantitative estimate of drug-likeness (QED) is 0.693. The van der Waals surface area contributed by atoms with Crippen LogP contribution in [0.25, 0.3) is 0 Å². The van der Waals surface area contributed by atoms with Crippen LogP contribution in [0.5, 0.6) is 0 Å². The maximum Gasteiger partial charge on any atom is 0.0897 e. The molecule has 0 aliphatic heterocycles. The number of nitrogens with zero attached hydrogens (tertiary/aromatic N) is 1. The molecule has 0 amide bonds. The molecule has 0 radical (unpaired) electrons. The first-order valence-corrected chi connectivity index (χ1v) is 6.51. The molecule has 1 aliphatic carbocycles. The summed E-state index contributed by atoms with van der Waals surface area (Å²) < 4.78 is 0. The van der Waals surface area contributed by atoms with Crippen molar-refractivity contribution in [3.8, 4) is 0 Å². The van der Waals surface area contributed by atoms with Gasteiger partial charge in [0.15, 0.2) is 0 Å². The summed E-state index contributed by atoms with van der Waals surface area (Å²) >= 11 is 1.78. The third-order valence-electron chi connectivity index (χ3n) is 2.51. The molecule has 0 atom stereocenters. The van der Waals surface area contributed by atoms with Gasteiger partial charge in [0, 0.05) is 23.7 Å². The van der Waals surface area contributed by atoms with E-state index in [9.17, 15) is 0 Å². The lowest BCUT2D eigenvalue weighted by atomic mass is 10.4. The van der Waals surface area contributed by atoms with E-state index >= 15 is 0 Å². The fraction of sp³-hybridized carbons (Fsp3) is 0.727. The molecular weight excluding hydrogens is 206 g/mol. The lowest BCUT2D eigenvalue weighted by Crippen LogP contribution is -2.22. The first-order valence-electron chi connectivity index (χ1n) is 5.70. The van der Waals surface area contributed by atoms with Crippen LogP contribution in [-0.4, -0.2) is 24.1 Å². The summed E-state index contributed by atoms with van der Waals surface area (Å²) in [4.78, 5) is 5.57. The average molecular weight is 225 g/mol. The van der Waals surface area contributed by atoms with Crippen molar-refractivity contribution in [1.82, 2.24) is 15.6 Å². The van der Waals surface area contributed by atoms with E-state index in [1.165, 1.54) is 24.1 Å². The van der Waals surface area contributed by atoms with Gasteiger partial charge in [-0.2, -0.15) is 0 Å². The number of hydrogen-bond donors (Lipinski definition) is 2. The first kappa shape index (κ1) is 11.0. The summed E-state index contributed by atoms with van der Waals surface area (Å²) in [6.45, 7) is 5.26. The van der Waals surface area contributed by atoms with E-state index in [2.05, 4.69) is 15.6 Å². The van der Waals surface area contributed by atoms with E-state index in [1.807, 2.05) is 13.1 Å². The number of hydrogen-bond acceptors (Lipinski definition) is 4. The van der Waals surface area contributed by atoms with Crippen LogP contribution in [0.1, 0.15) is 29.1 Å². The number of aryl methyl sites for hydroxylation is 1. The zero-order chi connectivity index (χ0) is 10.5. The lowest BCUT2D eigenvalue weighted by Gasteiger charge is -2.03. The molecule has 0 spiro atoms. The van der Waals surface area contributed by atoms with Crippen LogP contribution >= 0.6 is 11.3 Å². The van der Waals surface area contributed by atoms with Crippen LogP contribution in [0.15, 0.2) is 6.20 Å². The van der Waals surface area contributed by atoms with Crippen LogP contribution in [-0.2, 0) is 6.54 Å². The van der Waals surface area contributed by atoms with E-state index in [-0.39, 0.29) is 0 Å². The smallest absolute Gasteiger partial charge is 0.0897 e. The summed E-state index contributed by atoms with van der Waals surface area (Å²) in [5, 5.41) is 8.10. The second-order valence-corrected chi connectivity index (χ2v) is 5.42. The normalized spacial score (nSPS) is 15.8. The lowest BCUT2D eigenvalue weighted by molar-refractivity contribution is 0.595. The zero-order valence-corrected chi connectivity index (χ0v) is 10.1. The fourth-order valence-corrected chi connectivity index (χ4v) is 2.27. The molecule has 1 aliphatic rings. The van der Waals surface area contributed by atoms with Gasteiger partial charge >= 0.3 is 0 Å². The highest BCUT2D eigenvalue weighted by atomic mass is 32.1. The maximum absolute atomic E-state index is 4.23. The highest BCUT2D eigenvalue weighted by molar-refractivity contribution is 7.11. The van der Waals surface area contributed by atoms with Gasteiger partial charge in [-0.15, -0.1) is 11.3 Å². The van der Waals surface area contributed by atoms with E-state index < -0.39 is 0 Å². The standard InChI is InChI=1S/C11H19N3S/c1-9-14-8-11(15-9)7-12-5-2-6-13-10-3-4-10/h8,10,12-13H,2-7H2,1H3. The number of rotatable bonds is 7. The molecule has 1 fully saturated rings. The van der Waals surface area contributed by atoms with Crippen molar-refractivity contribution in [2.24, 2.45) is 0 Å². The van der Waals surface area contributed by atoms with Gasteiger partial charge in [-0.25, -0.2) is 4.98 Å². The molecule has 3 nitrogen and oxygen atoms in total. The molecule has 1 heterocycles. The summed E-state index contributed by atoms with van der Waals surface area (Å²) in [6.07, 6.45) is 5.95. The van der Waals surface area contributed by atoms with Crippen molar-refractivity contribution in [1.29, 1.82) is 0 Å². The predicted octanol–water partition coefficient (Wildman–Crippen LogP) is 1.68. The van der Waals surface area contributed by atoms with Crippen molar-refractivity contribution in [3.05, 3.63) is 16.1 Å². The molecule has 0 saturated heterocycles. The Labute approximate surface area is 95.3 Å².